The molecule has 4 aliphatic rings. The topological polar surface area (TPSA) is 275 Å². The molecule has 0 radical (unpaired) electrons. The summed E-state index contributed by atoms with van der Waals surface area (Å²) in [6, 6.07) is 3.68. The molecule has 1 saturated heterocycles. The lowest BCUT2D eigenvalue weighted by molar-refractivity contribution is -0.386. The van der Waals surface area contributed by atoms with Crippen molar-refractivity contribution in [3.63, 3.8) is 0 Å². The molecule has 2 saturated carbocycles. The number of carbonyl (C=O) groups excluding carboxylic acids is 8. The Hall–Kier alpha value is -6.22. The third-order valence-corrected chi connectivity index (χ3v) is 13.6. The normalized spacial score (nSPS) is 34.1. The Bertz CT molecular complexity index is 2450. The molecule has 1 spiro atoms. The molecule has 4 bridgehead atoms. The Kier molecular flexibility index (Phi) is 14.1. The van der Waals surface area contributed by atoms with Crippen molar-refractivity contribution in [2.45, 2.75) is 136 Å². The first-order valence-corrected chi connectivity index (χ1v) is 22.2. The van der Waals surface area contributed by atoms with Gasteiger partial charge in [-0.05, 0) is 37.5 Å². The van der Waals surface area contributed by atoms with Crippen LogP contribution in [-0.2, 0) is 78.4 Å². The van der Waals surface area contributed by atoms with E-state index in [-0.39, 0.29) is 16.7 Å². The van der Waals surface area contributed by atoms with Crippen molar-refractivity contribution in [3.05, 3.63) is 63.8 Å². The van der Waals surface area contributed by atoms with Crippen molar-refractivity contribution < 1.29 is 86.1 Å². The Morgan fingerprint density at radius 3 is 1.97 bits per heavy atom. The molecule has 2 aromatic rings. The van der Waals surface area contributed by atoms with Gasteiger partial charge >= 0.3 is 47.8 Å². The SMILES string of the molecule is CC(=O)O[C@@H]1[C@H](OC(=O)C(C)C)[C@@H]2[C@@H](OC(C)=O)[C@@]34O[C@@]2(C)COC(=O)c2cnccc2[C@@H](C)[C@@H](C)C(=O)O[C@@H]([C@H](OC(=O)c2ccc(=O)n(C)c2)[C@H](OC(C)=O)[C@@]13COC(=O)C(C)C)[C@]4(C)O. The van der Waals surface area contributed by atoms with E-state index in [1.807, 2.05) is 0 Å². The van der Waals surface area contributed by atoms with Gasteiger partial charge < -0.3 is 52.3 Å². The molecular weight excluding hydrogens is 897 g/mol. The summed E-state index contributed by atoms with van der Waals surface area (Å²) in [4.78, 5) is 129. The van der Waals surface area contributed by atoms with Crippen molar-refractivity contribution >= 4 is 47.8 Å². The number of fused-ring (bicyclic) bond motifs is 5. The Balaban J connectivity index is 1.82. The molecule has 2 aliphatic heterocycles. The van der Waals surface area contributed by atoms with Gasteiger partial charge in [0.2, 0.25) is 5.56 Å². The Morgan fingerprint density at radius 1 is 0.809 bits per heavy atom. The van der Waals surface area contributed by atoms with Gasteiger partial charge in [0.15, 0.2) is 30.0 Å². The molecule has 2 aliphatic carbocycles. The summed E-state index contributed by atoms with van der Waals surface area (Å²) in [6.07, 6.45) is -8.95. The molecular formula is C47H58N2O19. The maximum Gasteiger partial charge on any atom is 0.340 e. The lowest BCUT2D eigenvalue weighted by Gasteiger charge is -2.67. The largest absolute Gasteiger partial charge is 0.464 e. The van der Waals surface area contributed by atoms with E-state index < -0.39 is 155 Å². The highest BCUT2D eigenvalue weighted by Crippen LogP contribution is 2.70. The second-order valence-electron chi connectivity index (χ2n) is 19.0. The fourth-order valence-corrected chi connectivity index (χ4v) is 10.2. The summed E-state index contributed by atoms with van der Waals surface area (Å²) in [7, 11) is 1.35. The van der Waals surface area contributed by atoms with E-state index in [4.69, 9.17) is 42.6 Å². The molecule has 68 heavy (non-hydrogen) atoms. The van der Waals surface area contributed by atoms with Crippen LogP contribution in [0.3, 0.4) is 0 Å². The number of ether oxygens (including phenoxy) is 9. The lowest BCUT2D eigenvalue weighted by atomic mass is 9.45. The first-order valence-electron chi connectivity index (χ1n) is 22.2. The second-order valence-corrected chi connectivity index (χ2v) is 19.0. The van der Waals surface area contributed by atoms with E-state index in [1.54, 1.807) is 6.92 Å². The summed E-state index contributed by atoms with van der Waals surface area (Å²) < 4.78 is 57.7. The third-order valence-electron chi connectivity index (χ3n) is 13.6. The van der Waals surface area contributed by atoms with Crippen LogP contribution >= 0.6 is 0 Å². The van der Waals surface area contributed by atoms with Crippen LogP contribution in [0.5, 0.6) is 0 Å². The van der Waals surface area contributed by atoms with Crippen LogP contribution in [-0.4, -0.2) is 129 Å². The van der Waals surface area contributed by atoms with E-state index in [1.165, 1.54) is 67.1 Å². The quantitative estimate of drug-likeness (QED) is 0.264. The van der Waals surface area contributed by atoms with Gasteiger partial charge in [-0.1, -0.05) is 41.5 Å². The molecule has 0 unspecified atom stereocenters. The number of pyridine rings is 2. The third kappa shape index (κ3) is 8.51. The zero-order valence-corrected chi connectivity index (χ0v) is 39.9. The predicted octanol–water partition coefficient (Wildman–Crippen LogP) is 2.30. The Labute approximate surface area is 391 Å². The van der Waals surface area contributed by atoms with Crippen LogP contribution in [0, 0.1) is 29.1 Å². The van der Waals surface area contributed by atoms with Crippen molar-refractivity contribution in [2.75, 3.05) is 13.2 Å². The van der Waals surface area contributed by atoms with Crippen molar-refractivity contribution in [1.29, 1.82) is 0 Å². The number of aromatic nitrogens is 2. The van der Waals surface area contributed by atoms with Gasteiger partial charge in [0.05, 0.1) is 34.8 Å². The highest BCUT2D eigenvalue weighted by molar-refractivity contribution is 5.91. The minimum atomic E-state index is -2.95. The molecule has 0 amide bonds. The Morgan fingerprint density at radius 2 is 1.40 bits per heavy atom. The van der Waals surface area contributed by atoms with Gasteiger partial charge in [-0.25, -0.2) is 9.59 Å². The zero-order chi connectivity index (χ0) is 50.6. The summed E-state index contributed by atoms with van der Waals surface area (Å²) in [5, 5.41) is 13.9. The van der Waals surface area contributed by atoms with E-state index >= 15 is 0 Å². The maximum absolute atomic E-state index is 14.8. The van der Waals surface area contributed by atoms with E-state index in [0.717, 1.165) is 50.6 Å². The average Bonchev–Trinajstić information content (AvgIpc) is 3.48. The van der Waals surface area contributed by atoms with Gasteiger partial charge in [-0.2, -0.15) is 0 Å². The molecule has 2 aromatic heterocycles. The molecule has 21 nitrogen and oxygen atoms in total. The molecule has 3 fully saturated rings. The van der Waals surface area contributed by atoms with Crippen molar-refractivity contribution in [2.24, 2.45) is 36.1 Å². The van der Waals surface area contributed by atoms with Crippen molar-refractivity contribution in [1.82, 2.24) is 9.55 Å². The van der Waals surface area contributed by atoms with Crippen LogP contribution in [0.2, 0.25) is 0 Å². The number of aryl methyl sites for hydroxylation is 1. The lowest BCUT2D eigenvalue weighted by Crippen LogP contribution is -2.89. The van der Waals surface area contributed by atoms with Gasteiger partial charge in [0.25, 0.3) is 0 Å². The number of hydrogen-bond acceptors (Lipinski definition) is 20. The van der Waals surface area contributed by atoms with E-state index in [9.17, 15) is 48.3 Å². The van der Waals surface area contributed by atoms with Crippen molar-refractivity contribution in [3.8, 4) is 0 Å². The molecule has 0 aromatic carbocycles. The molecule has 370 valence electrons. The zero-order valence-electron chi connectivity index (χ0n) is 39.9. The minimum Gasteiger partial charge on any atom is -0.464 e. The summed E-state index contributed by atoms with van der Waals surface area (Å²) in [5.74, 6) is -13.8. The van der Waals surface area contributed by atoms with Gasteiger partial charge in [0.1, 0.15) is 42.0 Å². The van der Waals surface area contributed by atoms with Crippen LogP contribution < -0.4 is 5.56 Å². The molecule has 1 N–H and O–H groups in total. The van der Waals surface area contributed by atoms with E-state index in [0.29, 0.717) is 0 Å². The standard InChI is InChI=1S/C47H58N2O19/c1-21(2)39(54)61-20-46-37(63-26(8)51)33(65-40(55)22(3)4)32-35(62-25(7)50)47(46)45(11,59)36(34(38(46)64-27(9)52)66-42(57)28-13-14-31(53)49(12)18-28)67-41(56)24(6)23(5)29-15-16-48-17-30(29)43(58)60-19-44(32,10)68-47/h13-18,21-24,32-38,59H,19-20H2,1-12H3/t23-,24+,32+,33+,34-,35+,36-,37+,38-,44-,45-,46+,47-/m0/s1. The number of cyclic esters (lactones) is 1. The van der Waals surface area contributed by atoms with Gasteiger partial charge in [-0.3, -0.25) is 38.5 Å². The second kappa shape index (κ2) is 18.7. The maximum atomic E-state index is 14.8. The van der Waals surface area contributed by atoms with Crippen LogP contribution in [0.25, 0.3) is 0 Å². The number of hydrogen-bond donors (Lipinski definition) is 1. The highest BCUT2D eigenvalue weighted by Gasteiger charge is 2.92. The number of nitrogens with zero attached hydrogens (tertiary/aromatic N) is 2. The molecule has 6 rings (SSSR count). The smallest absolute Gasteiger partial charge is 0.340 e. The molecule has 13 atom stereocenters. The van der Waals surface area contributed by atoms with Crippen LogP contribution in [0.1, 0.15) is 108 Å². The summed E-state index contributed by atoms with van der Waals surface area (Å²) in [6.45, 7) is 12.5. The summed E-state index contributed by atoms with van der Waals surface area (Å²) in [5.41, 5.74) is -11.2. The van der Waals surface area contributed by atoms with Crippen LogP contribution in [0.4, 0.5) is 0 Å². The first-order chi connectivity index (χ1) is 31.7. The molecule has 4 heterocycles. The first kappa shape index (κ1) is 51.2. The predicted molar refractivity (Wildman–Crippen MR) is 229 cm³/mol. The fourth-order valence-electron chi connectivity index (χ4n) is 10.2. The molecule has 21 heteroatoms. The fraction of sp³-hybridized carbons (Fsp3) is 0.617. The van der Waals surface area contributed by atoms with E-state index in [2.05, 4.69) is 4.98 Å². The highest BCUT2D eigenvalue weighted by atomic mass is 16.7. The number of carbonyl (C=O) groups is 8. The monoisotopic (exact) mass is 954 g/mol. The van der Waals surface area contributed by atoms with Crippen LogP contribution in [0.15, 0.2) is 41.6 Å². The number of esters is 8. The minimum absolute atomic E-state index is 0.0716. The number of rotatable bonds is 10. The van der Waals surface area contributed by atoms with Gasteiger partial charge in [-0.15, -0.1) is 0 Å². The average molecular weight is 955 g/mol. The number of aliphatic hydroxyl groups is 1. The van der Waals surface area contributed by atoms with Gasteiger partial charge in [0, 0.05) is 52.5 Å². The summed E-state index contributed by atoms with van der Waals surface area (Å²) >= 11 is 0.